The first-order valence-electron chi connectivity index (χ1n) is 11.9. The van der Waals surface area contributed by atoms with Crippen molar-refractivity contribution in [2.45, 2.75) is 6.42 Å². The Hall–Kier alpha value is -3.70. The van der Waals surface area contributed by atoms with E-state index in [1.165, 1.54) is 22.5 Å². The molecule has 0 radical (unpaired) electrons. The molecule has 0 spiro atoms. The number of benzene rings is 3. The molecule has 4 nitrogen and oxygen atoms in total. The van der Waals surface area contributed by atoms with Crippen LogP contribution in [0.3, 0.4) is 0 Å². The lowest BCUT2D eigenvalue weighted by atomic mass is 10.0. The number of H-pyrrole nitrogens is 1. The van der Waals surface area contributed by atoms with Crippen LogP contribution in [-0.2, 0) is 6.42 Å². The van der Waals surface area contributed by atoms with Gasteiger partial charge in [-0.15, -0.1) is 0 Å². The number of aromatic nitrogens is 2. The van der Waals surface area contributed by atoms with Gasteiger partial charge in [-0.1, -0.05) is 54.6 Å². The van der Waals surface area contributed by atoms with Crippen molar-refractivity contribution in [3.05, 3.63) is 96.4 Å². The predicted molar refractivity (Wildman–Crippen MR) is 138 cm³/mol. The molecule has 34 heavy (non-hydrogen) atoms. The number of aromatic amines is 1. The molecule has 0 unspecified atom stereocenters. The Kier molecular flexibility index (Phi) is 5.47. The quantitative estimate of drug-likeness (QED) is 0.363. The van der Waals surface area contributed by atoms with Crippen molar-refractivity contribution in [2.75, 3.05) is 37.6 Å². The highest BCUT2D eigenvalue weighted by Gasteiger charge is 2.19. The third kappa shape index (κ3) is 3.93. The summed E-state index contributed by atoms with van der Waals surface area (Å²) in [6, 6.07) is 25.6. The second kappa shape index (κ2) is 8.92. The molecule has 0 atom stereocenters. The number of hydrogen-bond acceptors (Lipinski definition) is 3. The molecule has 1 aliphatic rings. The van der Waals surface area contributed by atoms with Gasteiger partial charge in [0.1, 0.15) is 11.6 Å². The Bertz CT molecular complexity index is 1450. The zero-order valence-electron chi connectivity index (χ0n) is 19.0. The van der Waals surface area contributed by atoms with E-state index in [1.54, 1.807) is 6.07 Å². The number of piperazine rings is 1. The van der Waals surface area contributed by atoms with Gasteiger partial charge >= 0.3 is 0 Å². The average Bonchev–Trinajstić information content (AvgIpc) is 3.31. The van der Waals surface area contributed by atoms with Crippen molar-refractivity contribution in [1.29, 1.82) is 0 Å². The molecule has 2 aromatic heterocycles. The van der Waals surface area contributed by atoms with Gasteiger partial charge in [0.15, 0.2) is 0 Å². The van der Waals surface area contributed by atoms with Crippen molar-refractivity contribution in [3.63, 3.8) is 0 Å². The Morgan fingerprint density at radius 1 is 0.794 bits per heavy atom. The van der Waals surface area contributed by atoms with Crippen molar-refractivity contribution in [3.8, 4) is 11.1 Å². The first kappa shape index (κ1) is 20.9. The summed E-state index contributed by atoms with van der Waals surface area (Å²) >= 11 is 0. The first-order chi connectivity index (χ1) is 16.8. The van der Waals surface area contributed by atoms with E-state index in [-0.39, 0.29) is 5.82 Å². The highest BCUT2D eigenvalue weighted by molar-refractivity contribution is 5.94. The van der Waals surface area contributed by atoms with E-state index in [0.717, 1.165) is 61.4 Å². The Labute approximate surface area is 198 Å². The molecule has 0 aliphatic carbocycles. The molecule has 170 valence electrons. The molecule has 3 aromatic carbocycles. The van der Waals surface area contributed by atoms with Crippen LogP contribution in [0.4, 0.5) is 10.2 Å². The number of fused-ring (bicyclic) bond motifs is 2. The zero-order chi connectivity index (χ0) is 22.9. The van der Waals surface area contributed by atoms with Crippen molar-refractivity contribution >= 4 is 27.6 Å². The maximum Gasteiger partial charge on any atom is 0.131 e. The number of pyridine rings is 1. The summed E-state index contributed by atoms with van der Waals surface area (Å²) in [5.41, 5.74) is 4.89. The second-order valence-corrected chi connectivity index (χ2v) is 8.96. The summed E-state index contributed by atoms with van der Waals surface area (Å²) in [5.74, 6) is 0.749. The van der Waals surface area contributed by atoms with E-state index < -0.39 is 0 Å². The fraction of sp³-hybridized carbons (Fsp3) is 0.207. The van der Waals surface area contributed by atoms with Gasteiger partial charge in [-0.2, -0.15) is 0 Å². The number of nitrogens with zero attached hydrogens (tertiary/aromatic N) is 3. The molecule has 1 saturated heterocycles. The topological polar surface area (TPSA) is 35.2 Å². The van der Waals surface area contributed by atoms with Gasteiger partial charge in [0.25, 0.3) is 0 Å². The minimum absolute atomic E-state index is 0.217. The largest absolute Gasteiger partial charge is 0.361 e. The molecular formula is C29H27FN4. The molecule has 3 heterocycles. The third-order valence-electron chi connectivity index (χ3n) is 6.94. The molecule has 6 rings (SSSR count). The minimum Gasteiger partial charge on any atom is -0.361 e. The van der Waals surface area contributed by atoms with Crippen molar-refractivity contribution in [1.82, 2.24) is 14.9 Å². The molecule has 5 aromatic rings. The monoisotopic (exact) mass is 450 g/mol. The van der Waals surface area contributed by atoms with Gasteiger partial charge in [-0.25, -0.2) is 9.37 Å². The summed E-state index contributed by atoms with van der Waals surface area (Å²) in [6.07, 6.45) is 3.19. The lowest BCUT2D eigenvalue weighted by molar-refractivity contribution is 0.260. The molecule has 0 bridgehead atoms. The van der Waals surface area contributed by atoms with Gasteiger partial charge in [0.05, 0.1) is 5.52 Å². The van der Waals surface area contributed by atoms with Crippen molar-refractivity contribution < 1.29 is 4.39 Å². The lowest BCUT2D eigenvalue weighted by Gasteiger charge is -2.35. The number of hydrogen-bond donors (Lipinski definition) is 1. The summed E-state index contributed by atoms with van der Waals surface area (Å²) in [5, 5.41) is 2.36. The first-order valence-corrected chi connectivity index (χ1v) is 11.9. The second-order valence-electron chi connectivity index (χ2n) is 8.96. The molecule has 5 heteroatoms. The smallest absolute Gasteiger partial charge is 0.131 e. The van der Waals surface area contributed by atoms with Crippen LogP contribution in [-0.4, -0.2) is 47.6 Å². The summed E-state index contributed by atoms with van der Waals surface area (Å²) in [6.45, 7) is 4.95. The van der Waals surface area contributed by atoms with Crippen LogP contribution in [0.5, 0.6) is 0 Å². The number of rotatable bonds is 5. The molecule has 1 aliphatic heterocycles. The van der Waals surface area contributed by atoms with Crippen LogP contribution in [0.25, 0.3) is 32.9 Å². The summed E-state index contributed by atoms with van der Waals surface area (Å²) < 4.78 is 14.5. The minimum atomic E-state index is -0.217. The fourth-order valence-electron chi connectivity index (χ4n) is 5.03. The number of halogens is 1. The lowest BCUT2D eigenvalue weighted by Crippen LogP contribution is -2.47. The van der Waals surface area contributed by atoms with Crippen LogP contribution in [0.1, 0.15) is 5.56 Å². The van der Waals surface area contributed by atoms with Gasteiger partial charge in [-0.3, -0.25) is 4.90 Å². The maximum absolute atomic E-state index is 14.5. The Balaban J connectivity index is 1.17. The molecule has 1 fully saturated rings. The zero-order valence-corrected chi connectivity index (χ0v) is 19.0. The van der Waals surface area contributed by atoms with Crippen LogP contribution in [0.2, 0.25) is 0 Å². The molecule has 0 amide bonds. The van der Waals surface area contributed by atoms with E-state index in [4.69, 9.17) is 4.98 Å². The van der Waals surface area contributed by atoms with E-state index in [9.17, 15) is 4.39 Å². The van der Waals surface area contributed by atoms with Crippen LogP contribution >= 0.6 is 0 Å². The van der Waals surface area contributed by atoms with Gasteiger partial charge < -0.3 is 9.88 Å². The van der Waals surface area contributed by atoms with E-state index in [2.05, 4.69) is 57.4 Å². The molecule has 0 saturated carbocycles. The van der Waals surface area contributed by atoms with Gasteiger partial charge in [0, 0.05) is 66.3 Å². The summed E-state index contributed by atoms with van der Waals surface area (Å²) in [4.78, 5) is 13.3. The Morgan fingerprint density at radius 2 is 1.59 bits per heavy atom. The van der Waals surface area contributed by atoms with Crippen LogP contribution in [0, 0.1) is 5.82 Å². The normalized spacial score (nSPS) is 14.8. The van der Waals surface area contributed by atoms with E-state index in [1.807, 2.05) is 30.3 Å². The molecular weight excluding hydrogens is 423 g/mol. The number of para-hydroxylation sites is 2. The number of anilines is 1. The average molecular weight is 451 g/mol. The van der Waals surface area contributed by atoms with Gasteiger partial charge in [-0.05, 0) is 36.2 Å². The standard InChI is InChI=1S/C29H27FN4/c30-26-10-3-1-8-24(26)25-9-5-6-21-12-13-28(32-29(21)25)34-18-16-33(17-19-34)15-14-22-20-31-27-11-4-2-7-23(22)27/h1-13,20,31H,14-19H2. The highest BCUT2D eigenvalue weighted by Crippen LogP contribution is 2.31. The SMILES string of the molecule is Fc1ccccc1-c1cccc2ccc(N3CCN(CCc4c[nH]c5ccccc45)CC3)nc12. The number of nitrogens with one attached hydrogen (secondary N) is 1. The fourth-order valence-corrected chi connectivity index (χ4v) is 5.03. The maximum atomic E-state index is 14.5. The Morgan fingerprint density at radius 3 is 2.47 bits per heavy atom. The van der Waals surface area contributed by atoms with Crippen LogP contribution < -0.4 is 4.90 Å². The summed E-state index contributed by atoms with van der Waals surface area (Å²) in [7, 11) is 0. The van der Waals surface area contributed by atoms with E-state index >= 15 is 0 Å². The van der Waals surface area contributed by atoms with Crippen molar-refractivity contribution in [2.24, 2.45) is 0 Å². The highest BCUT2D eigenvalue weighted by atomic mass is 19.1. The predicted octanol–water partition coefficient (Wildman–Crippen LogP) is 5.89. The van der Waals surface area contributed by atoms with E-state index in [0.29, 0.717) is 5.56 Å². The molecule has 1 N–H and O–H groups in total. The van der Waals surface area contributed by atoms with Crippen LogP contribution in [0.15, 0.2) is 85.1 Å². The third-order valence-corrected chi connectivity index (χ3v) is 6.94. The van der Waals surface area contributed by atoms with Gasteiger partial charge in [0.2, 0.25) is 0 Å².